The van der Waals surface area contributed by atoms with Crippen molar-refractivity contribution >= 4 is 16.7 Å². The first kappa shape index (κ1) is 11.8. The minimum Gasteiger partial charge on any atom is -0.299 e. The van der Waals surface area contributed by atoms with Crippen LogP contribution in [0.25, 0.3) is 10.9 Å². The molecule has 0 fully saturated rings. The molecule has 0 bridgehead atoms. The third-order valence-corrected chi connectivity index (χ3v) is 2.85. The van der Waals surface area contributed by atoms with E-state index < -0.39 is 0 Å². The first-order chi connectivity index (χ1) is 8.20. The lowest BCUT2D eigenvalue weighted by Crippen LogP contribution is -2.03. The lowest BCUT2D eigenvalue weighted by molar-refractivity contribution is -0.118. The number of hydrogen-bond acceptors (Lipinski definition) is 2. The molecule has 0 aliphatic heterocycles. The van der Waals surface area contributed by atoms with E-state index in [1.165, 1.54) is 0 Å². The maximum absolute atomic E-state index is 11.7. The number of rotatable bonds is 4. The van der Waals surface area contributed by atoms with Gasteiger partial charge in [-0.15, -0.1) is 0 Å². The van der Waals surface area contributed by atoms with E-state index in [1.54, 1.807) is 0 Å². The van der Waals surface area contributed by atoms with Crippen LogP contribution in [0.2, 0.25) is 0 Å². The molecule has 0 saturated heterocycles. The van der Waals surface area contributed by atoms with Crippen LogP contribution in [-0.4, -0.2) is 10.8 Å². The molecule has 0 saturated carbocycles. The molecule has 0 aliphatic carbocycles. The Kier molecular flexibility index (Phi) is 3.52. The summed E-state index contributed by atoms with van der Waals surface area (Å²) in [7, 11) is 0. The molecule has 2 aromatic rings. The number of pyridine rings is 1. The maximum Gasteiger partial charge on any atom is 0.137 e. The molecule has 1 aromatic heterocycles. The van der Waals surface area contributed by atoms with Gasteiger partial charge in [0.1, 0.15) is 5.78 Å². The summed E-state index contributed by atoms with van der Waals surface area (Å²) in [5.74, 6) is 0.309. The highest BCUT2D eigenvalue weighted by atomic mass is 16.1. The summed E-state index contributed by atoms with van der Waals surface area (Å²) < 4.78 is 0. The molecule has 1 aromatic carbocycles. The Hall–Kier alpha value is -1.70. The Bertz CT molecular complexity index is 546. The Morgan fingerprint density at radius 1 is 1.29 bits per heavy atom. The van der Waals surface area contributed by atoms with Crippen LogP contribution in [0, 0.1) is 6.92 Å². The highest BCUT2D eigenvalue weighted by molar-refractivity contribution is 5.89. The van der Waals surface area contributed by atoms with E-state index in [2.05, 4.69) is 4.98 Å². The van der Waals surface area contributed by atoms with Crippen molar-refractivity contribution in [1.29, 1.82) is 0 Å². The molecule has 0 radical (unpaired) electrons. The minimum atomic E-state index is 0.309. The van der Waals surface area contributed by atoms with Gasteiger partial charge in [-0.05, 0) is 31.0 Å². The van der Waals surface area contributed by atoms with E-state index in [0.717, 1.165) is 28.6 Å². The van der Waals surface area contributed by atoms with Gasteiger partial charge in [0.2, 0.25) is 0 Å². The van der Waals surface area contributed by atoms with E-state index in [1.807, 2.05) is 44.2 Å². The van der Waals surface area contributed by atoms with E-state index in [0.29, 0.717) is 18.6 Å². The van der Waals surface area contributed by atoms with E-state index >= 15 is 0 Å². The van der Waals surface area contributed by atoms with Gasteiger partial charge in [0.25, 0.3) is 0 Å². The van der Waals surface area contributed by atoms with Crippen molar-refractivity contribution in [3.63, 3.8) is 0 Å². The topological polar surface area (TPSA) is 30.0 Å². The number of aryl methyl sites for hydroxylation is 1. The van der Waals surface area contributed by atoms with Crippen LogP contribution >= 0.6 is 0 Å². The summed E-state index contributed by atoms with van der Waals surface area (Å²) in [5, 5.41) is 1.10. The van der Waals surface area contributed by atoms with Gasteiger partial charge in [-0.1, -0.05) is 25.1 Å². The van der Waals surface area contributed by atoms with Crippen molar-refractivity contribution in [2.45, 2.75) is 33.1 Å². The zero-order valence-corrected chi connectivity index (χ0v) is 10.4. The maximum atomic E-state index is 11.7. The number of carbonyl (C=O) groups is 1. The van der Waals surface area contributed by atoms with Gasteiger partial charge in [-0.3, -0.25) is 9.78 Å². The summed E-state index contributed by atoms with van der Waals surface area (Å²) >= 11 is 0. The zero-order chi connectivity index (χ0) is 12.3. The van der Waals surface area contributed by atoms with Crippen molar-refractivity contribution < 1.29 is 4.79 Å². The molecule has 0 amide bonds. The van der Waals surface area contributed by atoms with Crippen LogP contribution in [0.4, 0.5) is 0 Å². The van der Waals surface area contributed by atoms with Crippen LogP contribution in [0.3, 0.4) is 0 Å². The first-order valence-corrected chi connectivity index (χ1v) is 6.07. The fourth-order valence-corrected chi connectivity index (χ4v) is 2.12. The molecule has 2 heteroatoms. The molecule has 0 atom stereocenters. The fourth-order valence-electron chi connectivity index (χ4n) is 2.12. The SMILES string of the molecule is CCCC(=O)Cc1cc(C)nc2ccccc12. The fraction of sp³-hybridized carbons (Fsp3) is 0.333. The number of hydrogen-bond donors (Lipinski definition) is 0. The quantitative estimate of drug-likeness (QED) is 0.800. The third kappa shape index (κ3) is 2.70. The van der Waals surface area contributed by atoms with E-state index in [-0.39, 0.29) is 0 Å². The van der Waals surface area contributed by atoms with Crippen LogP contribution < -0.4 is 0 Å². The van der Waals surface area contributed by atoms with Crippen LogP contribution in [-0.2, 0) is 11.2 Å². The number of nitrogens with zero attached hydrogens (tertiary/aromatic N) is 1. The Morgan fingerprint density at radius 3 is 2.82 bits per heavy atom. The number of benzene rings is 1. The Labute approximate surface area is 102 Å². The second kappa shape index (κ2) is 5.09. The summed E-state index contributed by atoms with van der Waals surface area (Å²) in [4.78, 5) is 16.2. The van der Waals surface area contributed by atoms with Crippen LogP contribution in [0.5, 0.6) is 0 Å². The Balaban J connectivity index is 2.42. The molecule has 0 unspecified atom stereocenters. The van der Waals surface area contributed by atoms with Crippen LogP contribution in [0.1, 0.15) is 31.0 Å². The molecule has 17 heavy (non-hydrogen) atoms. The van der Waals surface area contributed by atoms with Gasteiger partial charge >= 0.3 is 0 Å². The number of carbonyl (C=O) groups excluding carboxylic acids is 1. The highest BCUT2D eigenvalue weighted by Crippen LogP contribution is 2.19. The zero-order valence-electron chi connectivity index (χ0n) is 10.4. The smallest absolute Gasteiger partial charge is 0.137 e. The molecule has 2 nitrogen and oxygen atoms in total. The van der Waals surface area contributed by atoms with Gasteiger partial charge in [-0.25, -0.2) is 0 Å². The summed E-state index contributed by atoms with van der Waals surface area (Å²) in [6, 6.07) is 10.0. The number of para-hydroxylation sites is 1. The van der Waals surface area contributed by atoms with Crippen LogP contribution in [0.15, 0.2) is 30.3 Å². The van der Waals surface area contributed by atoms with E-state index in [4.69, 9.17) is 0 Å². The Morgan fingerprint density at radius 2 is 2.06 bits per heavy atom. The normalized spacial score (nSPS) is 10.7. The van der Waals surface area contributed by atoms with E-state index in [9.17, 15) is 4.79 Å². The standard InChI is InChI=1S/C15H17NO/c1-3-6-13(17)10-12-9-11(2)16-15-8-5-4-7-14(12)15/h4-5,7-9H,3,6,10H2,1-2H3. The molecular weight excluding hydrogens is 210 g/mol. The monoisotopic (exact) mass is 227 g/mol. The summed E-state index contributed by atoms with van der Waals surface area (Å²) in [6.45, 7) is 4.01. The summed E-state index contributed by atoms with van der Waals surface area (Å²) in [6.07, 6.45) is 2.11. The first-order valence-electron chi connectivity index (χ1n) is 6.07. The molecule has 0 N–H and O–H groups in total. The predicted octanol–water partition coefficient (Wildman–Crippen LogP) is 3.45. The van der Waals surface area contributed by atoms with Gasteiger partial charge in [0.15, 0.2) is 0 Å². The summed E-state index contributed by atoms with van der Waals surface area (Å²) in [5.41, 5.74) is 3.06. The molecule has 0 aliphatic rings. The second-order valence-electron chi connectivity index (χ2n) is 4.41. The van der Waals surface area contributed by atoms with Crippen molar-refractivity contribution in [1.82, 2.24) is 4.98 Å². The number of aromatic nitrogens is 1. The largest absolute Gasteiger partial charge is 0.299 e. The molecule has 1 heterocycles. The number of ketones is 1. The number of fused-ring (bicyclic) bond motifs is 1. The highest BCUT2D eigenvalue weighted by Gasteiger charge is 2.07. The average molecular weight is 227 g/mol. The predicted molar refractivity (Wildman–Crippen MR) is 70.1 cm³/mol. The molecular formula is C15H17NO. The van der Waals surface area contributed by atoms with Gasteiger partial charge in [-0.2, -0.15) is 0 Å². The number of Topliss-reactive ketones (excluding diaryl/α,β-unsaturated/α-hetero) is 1. The third-order valence-electron chi connectivity index (χ3n) is 2.85. The van der Waals surface area contributed by atoms with Gasteiger partial charge in [0, 0.05) is 23.9 Å². The molecule has 88 valence electrons. The molecule has 0 spiro atoms. The van der Waals surface area contributed by atoms with Crippen molar-refractivity contribution in [3.05, 3.63) is 41.6 Å². The van der Waals surface area contributed by atoms with Gasteiger partial charge < -0.3 is 0 Å². The minimum absolute atomic E-state index is 0.309. The lowest BCUT2D eigenvalue weighted by atomic mass is 10.0. The average Bonchev–Trinajstić information content (AvgIpc) is 2.29. The molecule has 2 rings (SSSR count). The lowest BCUT2D eigenvalue weighted by Gasteiger charge is -2.06. The van der Waals surface area contributed by atoms with Crippen molar-refractivity contribution in [2.75, 3.05) is 0 Å². The van der Waals surface area contributed by atoms with Crippen molar-refractivity contribution in [2.24, 2.45) is 0 Å². The van der Waals surface area contributed by atoms with Crippen molar-refractivity contribution in [3.8, 4) is 0 Å². The van der Waals surface area contributed by atoms with Gasteiger partial charge in [0.05, 0.1) is 5.52 Å². The second-order valence-corrected chi connectivity index (χ2v) is 4.41.